The second-order valence-corrected chi connectivity index (χ2v) is 6.07. The fraction of sp³-hybridized carbons (Fsp3) is 0.400. The number of rotatable bonds is 4. The van der Waals surface area contributed by atoms with Crippen LogP contribution in [0.25, 0.3) is 11.0 Å². The molecule has 0 spiro atoms. The van der Waals surface area contributed by atoms with E-state index < -0.39 is 0 Å². The number of hydrogen-bond acceptors (Lipinski definition) is 3. The van der Waals surface area contributed by atoms with E-state index in [0.717, 1.165) is 16.5 Å². The van der Waals surface area contributed by atoms with Crippen LogP contribution in [0.1, 0.15) is 36.0 Å². The Morgan fingerprint density at radius 3 is 2.89 bits per heavy atom. The van der Waals surface area contributed by atoms with Gasteiger partial charge >= 0.3 is 0 Å². The summed E-state index contributed by atoms with van der Waals surface area (Å²) in [7, 11) is 0. The molecule has 0 saturated heterocycles. The number of benzene rings is 1. The third-order valence-electron chi connectivity index (χ3n) is 3.53. The van der Waals surface area contributed by atoms with Crippen LogP contribution in [0.2, 0.25) is 0 Å². The van der Waals surface area contributed by atoms with Gasteiger partial charge in [-0.3, -0.25) is 4.79 Å². The molecule has 94 valence electrons. The van der Waals surface area contributed by atoms with Crippen LogP contribution in [-0.2, 0) is 0 Å². The Morgan fingerprint density at radius 2 is 2.06 bits per heavy atom. The Hall–Kier alpha value is -1.22. The topological polar surface area (TPSA) is 30.2 Å². The Kier molecular flexibility index (Phi) is 3.41. The zero-order valence-electron chi connectivity index (χ0n) is 10.2. The summed E-state index contributed by atoms with van der Waals surface area (Å²) in [5, 5.41) is 1.63. The van der Waals surface area contributed by atoms with Crippen LogP contribution in [0.5, 0.6) is 0 Å². The van der Waals surface area contributed by atoms with Crippen LogP contribution in [0.4, 0.5) is 0 Å². The summed E-state index contributed by atoms with van der Waals surface area (Å²) in [5.41, 5.74) is 1.53. The van der Waals surface area contributed by atoms with Gasteiger partial charge < -0.3 is 4.42 Å². The van der Waals surface area contributed by atoms with Gasteiger partial charge in [0, 0.05) is 10.6 Å². The molecule has 1 aliphatic rings. The lowest BCUT2D eigenvalue weighted by atomic mass is 10.1. The summed E-state index contributed by atoms with van der Waals surface area (Å²) in [5.74, 6) is 0.769. The Morgan fingerprint density at radius 1 is 1.28 bits per heavy atom. The molecule has 0 N–H and O–H groups in total. The van der Waals surface area contributed by atoms with Crippen LogP contribution in [0.3, 0.4) is 0 Å². The summed E-state index contributed by atoms with van der Waals surface area (Å²) in [6.07, 6.45) is 6.78. The SMILES string of the molecule is O=C(CSC1CCCC1)c1coc2ccccc12. The number of thioether (sulfide) groups is 1. The molecule has 1 aromatic carbocycles. The first-order chi connectivity index (χ1) is 8.84. The highest BCUT2D eigenvalue weighted by Crippen LogP contribution is 2.30. The highest BCUT2D eigenvalue weighted by atomic mass is 32.2. The van der Waals surface area contributed by atoms with Gasteiger partial charge in [-0.1, -0.05) is 31.0 Å². The van der Waals surface area contributed by atoms with Crippen LogP contribution in [0, 0.1) is 0 Å². The lowest BCUT2D eigenvalue weighted by Crippen LogP contribution is -2.05. The fourth-order valence-electron chi connectivity index (χ4n) is 2.52. The lowest BCUT2D eigenvalue weighted by molar-refractivity contribution is 0.102. The van der Waals surface area contributed by atoms with E-state index in [1.165, 1.54) is 25.7 Å². The smallest absolute Gasteiger partial charge is 0.176 e. The van der Waals surface area contributed by atoms with Gasteiger partial charge in [-0.05, 0) is 18.9 Å². The van der Waals surface area contributed by atoms with Crippen molar-refractivity contribution in [3.05, 3.63) is 36.1 Å². The van der Waals surface area contributed by atoms with Crippen molar-refractivity contribution in [1.82, 2.24) is 0 Å². The van der Waals surface area contributed by atoms with Gasteiger partial charge in [0.2, 0.25) is 0 Å². The highest BCUT2D eigenvalue weighted by molar-refractivity contribution is 8.00. The largest absolute Gasteiger partial charge is 0.464 e. The Labute approximate surface area is 111 Å². The molecule has 0 unspecified atom stereocenters. The summed E-state index contributed by atoms with van der Waals surface area (Å²) < 4.78 is 5.41. The molecule has 2 aromatic rings. The molecule has 0 amide bonds. The van der Waals surface area contributed by atoms with Crippen LogP contribution in [0.15, 0.2) is 34.9 Å². The Balaban J connectivity index is 1.71. The van der Waals surface area contributed by atoms with Crippen molar-refractivity contribution in [2.75, 3.05) is 5.75 Å². The maximum Gasteiger partial charge on any atom is 0.176 e. The molecule has 1 saturated carbocycles. The molecule has 0 bridgehead atoms. The second-order valence-electron chi connectivity index (χ2n) is 4.79. The van der Waals surface area contributed by atoms with Crippen molar-refractivity contribution >= 4 is 28.5 Å². The van der Waals surface area contributed by atoms with E-state index in [1.54, 1.807) is 6.26 Å². The van der Waals surface area contributed by atoms with E-state index in [0.29, 0.717) is 11.0 Å². The van der Waals surface area contributed by atoms with Crippen molar-refractivity contribution in [2.45, 2.75) is 30.9 Å². The zero-order chi connectivity index (χ0) is 12.4. The maximum absolute atomic E-state index is 12.2. The molecule has 1 heterocycles. The van der Waals surface area contributed by atoms with Crippen molar-refractivity contribution < 1.29 is 9.21 Å². The highest BCUT2D eigenvalue weighted by Gasteiger charge is 2.19. The normalized spacial score (nSPS) is 16.4. The van der Waals surface area contributed by atoms with Crippen LogP contribution in [-0.4, -0.2) is 16.8 Å². The summed E-state index contributed by atoms with van der Waals surface area (Å²) in [6.45, 7) is 0. The van der Waals surface area contributed by atoms with E-state index in [2.05, 4.69) is 0 Å². The van der Waals surface area contributed by atoms with Gasteiger partial charge in [0.15, 0.2) is 5.78 Å². The van der Waals surface area contributed by atoms with E-state index in [9.17, 15) is 4.79 Å². The van der Waals surface area contributed by atoms with Gasteiger partial charge in [0.1, 0.15) is 11.8 Å². The molecule has 0 atom stereocenters. The number of ketones is 1. The standard InChI is InChI=1S/C15H16O2S/c16-14(10-18-11-5-1-2-6-11)13-9-17-15-8-4-3-7-12(13)15/h3-4,7-9,11H,1-2,5-6,10H2. The average molecular weight is 260 g/mol. The molecule has 1 aromatic heterocycles. The van der Waals surface area contributed by atoms with Crippen LogP contribution < -0.4 is 0 Å². The third kappa shape index (κ3) is 2.32. The van der Waals surface area contributed by atoms with Gasteiger partial charge in [0.05, 0.1) is 11.3 Å². The molecule has 3 heteroatoms. The predicted molar refractivity (Wildman–Crippen MR) is 75.3 cm³/mol. The molecule has 0 aliphatic heterocycles. The van der Waals surface area contributed by atoms with Crippen LogP contribution >= 0.6 is 11.8 Å². The van der Waals surface area contributed by atoms with Gasteiger partial charge in [-0.25, -0.2) is 0 Å². The molecule has 18 heavy (non-hydrogen) atoms. The van der Waals surface area contributed by atoms with Gasteiger partial charge in [0.25, 0.3) is 0 Å². The van der Waals surface area contributed by atoms with Gasteiger partial charge in [-0.2, -0.15) is 11.8 Å². The molecule has 0 radical (unpaired) electrons. The second kappa shape index (κ2) is 5.19. The molecule has 1 fully saturated rings. The van der Waals surface area contributed by atoms with E-state index >= 15 is 0 Å². The first kappa shape index (κ1) is 11.8. The first-order valence-corrected chi connectivity index (χ1v) is 7.50. The average Bonchev–Trinajstić information content (AvgIpc) is 3.05. The molecular weight excluding hydrogens is 244 g/mol. The maximum atomic E-state index is 12.2. The van der Waals surface area contributed by atoms with Gasteiger partial charge in [-0.15, -0.1) is 0 Å². The predicted octanol–water partition coefficient (Wildman–Crippen LogP) is 4.29. The third-order valence-corrected chi connectivity index (χ3v) is 4.91. The monoisotopic (exact) mass is 260 g/mol. The number of para-hydroxylation sites is 1. The zero-order valence-corrected chi connectivity index (χ0v) is 11.0. The summed E-state index contributed by atoms with van der Waals surface area (Å²) in [4.78, 5) is 12.2. The van der Waals surface area contributed by atoms with Crippen molar-refractivity contribution in [2.24, 2.45) is 0 Å². The van der Waals surface area contributed by atoms with E-state index in [4.69, 9.17) is 4.42 Å². The summed E-state index contributed by atoms with van der Waals surface area (Å²) in [6, 6.07) is 7.72. The number of carbonyl (C=O) groups is 1. The van der Waals surface area contributed by atoms with Crippen molar-refractivity contribution in [3.8, 4) is 0 Å². The number of hydrogen-bond donors (Lipinski definition) is 0. The number of fused-ring (bicyclic) bond motifs is 1. The first-order valence-electron chi connectivity index (χ1n) is 6.45. The number of Topliss-reactive ketones (excluding diaryl/α,β-unsaturated/α-hetero) is 1. The Bertz CT molecular complexity index is 552. The quantitative estimate of drug-likeness (QED) is 0.768. The molecule has 1 aliphatic carbocycles. The number of carbonyl (C=O) groups excluding carboxylic acids is 1. The minimum Gasteiger partial charge on any atom is -0.464 e. The lowest BCUT2D eigenvalue weighted by Gasteiger charge is -2.06. The minimum atomic E-state index is 0.192. The fourth-order valence-corrected chi connectivity index (χ4v) is 3.73. The van der Waals surface area contributed by atoms with Crippen molar-refractivity contribution in [1.29, 1.82) is 0 Å². The van der Waals surface area contributed by atoms with E-state index in [-0.39, 0.29) is 5.78 Å². The summed E-state index contributed by atoms with van der Waals surface area (Å²) >= 11 is 1.81. The number of furan rings is 1. The molecule has 3 rings (SSSR count). The molecule has 2 nitrogen and oxygen atoms in total. The van der Waals surface area contributed by atoms with E-state index in [1.807, 2.05) is 36.0 Å². The minimum absolute atomic E-state index is 0.192. The van der Waals surface area contributed by atoms with Crippen molar-refractivity contribution in [3.63, 3.8) is 0 Å². The molecular formula is C15H16O2S.